The monoisotopic (exact) mass is 307 g/mol. The molecule has 1 heterocycles. The topological polar surface area (TPSA) is 110 Å². The second-order valence-electron chi connectivity index (χ2n) is 4.07. The summed E-state index contributed by atoms with van der Waals surface area (Å²) in [7, 11) is 0. The molecule has 2 rings (SSSR count). The molecule has 0 saturated carbocycles. The van der Waals surface area contributed by atoms with E-state index in [0.29, 0.717) is 11.7 Å². The predicted molar refractivity (Wildman–Crippen MR) is 79.9 cm³/mol. The largest absolute Gasteiger partial charge is 0.379 e. The summed E-state index contributed by atoms with van der Waals surface area (Å²) >= 11 is 1.23. The molecule has 0 aliphatic heterocycles. The third-order valence-corrected chi connectivity index (χ3v) is 3.34. The molecule has 0 spiro atoms. The van der Waals surface area contributed by atoms with Crippen LogP contribution in [0, 0.1) is 17.0 Å². The van der Waals surface area contributed by atoms with Gasteiger partial charge in [0.25, 0.3) is 11.6 Å². The van der Waals surface area contributed by atoms with Gasteiger partial charge in [-0.3, -0.25) is 20.2 Å². The van der Waals surface area contributed by atoms with Crippen LogP contribution in [0.15, 0.2) is 18.2 Å². The van der Waals surface area contributed by atoms with Gasteiger partial charge in [-0.1, -0.05) is 17.4 Å². The number of carbonyl (C=O) groups excluding carboxylic acids is 1. The maximum absolute atomic E-state index is 12.3. The van der Waals surface area contributed by atoms with Gasteiger partial charge in [-0.25, -0.2) is 0 Å². The van der Waals surface area contributed by atoms with E-state index in [4.69, 9.17) is 0 Å². The maximum Gasteiger partial charge on any atom is 0.293 e. The van der Waals surface area contributed by atoms with Gasteiger partial charge >= 0.3 is 0 Å². The molecular weight excluding hydrogens is 294 g/mol. The van der Waals surface area contributed by atoms with E-state index < -0.39 is 10.8 Å². The Morgan fingerprint density at radius 3 is 2.76 bits per heavy atom. The van der Waals surface area contributed by atoms with Crippen LogP contribution in [0.3, 0.4) is 0 Å². The predicted octanol–water partition coefficient (Wildman–Crippen LogP) is 2.44. The van der Waals surface area contributed by atoms with E-state index in [2.05, 4.69) is 20.8 Å². The summed E-state index contributed by atoms with van der Waals surface area (Å²) < 4.78 is 0. The molecule has 0 aliphatic rings. The summed E-state index contributed by atoms with van der Waals surface area (Å²) in [6.45, 7) is 4.03. The van der Waals surface area contributed by atoms with Crippen LogP contribution in [0.4, 0.5) is 16.5 Å². The van der Waals surface area contributed by atoms with Crippen molar-refractivity contribution in [1.82, 2.24) is 10.2 Å². The highest BCUT2D eigenvalue weighted by atomic mass is 32.1. The summed E-state index contributed by atoms with van der Waals surface area (Å²) in [6, 6.07) is 4.34. The van der Waals surface area contributed by atoms with E-state index in [-0.39, 0.29) is 16.9 Å². The zero-order chi connectivity index (χ0) is 15.4. The zero-order valence-electron chi connectivity index (χ0n) is 11.4. The fraction of sp³-hybridized carbons (Fsp3) is 0.250. The molecule has 0 bridgehead atoms. The van der Waals surface area contributed by atoms with Crippen molar-refractivity contribution in [3.8, 4) is 0 Å². The number of amides is 1. The lowest BCUT2D eigenvalue weighted by Crippen LogP contribution is -2.15. The van der Waals surface area contributed by atoms with E-state index in [0.717, 1.165) is 5.01 Å². The third kappa shape index (κ3) is 3.31. The lowest BCUT2D eigenvalue weighted by molar-refractivity contribution is -0.384. The second-order valence-corrected chi connectivity index (χ2v) is 5.25. The first kappa shape index (κ1) is 14.9. The molecule has 0 atom stereocenters. The first-order chi connectivity index (χ1) is 10.0. The fourth-order valence-corrected chi connectivity index (χ4v) is 2.34. The lowest BCUT2D eigenvalue weighted by Gasteiger charge is -2.10. The molecule has 0 fully saturated rings. The standard InChI is InChI=1S/C12H13N5O3S/c1-3-13-10-8(5-4-6-9(10)17(19)20)11(18)14-12-16-15-7(2)21-12/h4-6,13H,3H2,1-2H3,(H,14,16,18). The van der Waals surface area contributed by atoms with Gasteiger partial charge in [0.2, 0.25) is 5.13 Å². The molecule has 1 aromatic heterocycles. The van der Waals surface area contributed by atoms with E-state index in [1.54, 1.807) is 13.8 Å². The van der Waals surface area contributed by atoms with Gasteiger partial charge in [0, 0.05) is 12.6 Å². The van der Waals surface area contributed by atoms with Crippen LogP contribution in [0.25, 0.3) is 0 Å². The van der Waals surface area contributed by atoms with Crippen molar-refractivity contribution in [2.75, 3.05) is 17.2 Å². The van der Waals surface area contributed by atoms with Gasteiger partial charge in [-0.15, -0.1) is 10.2 Å². The van der Waals surface area contributed by atoms with Gasteiger partial charge in [0.05, 0.1) is 10.5 Å². The number of nitro groups is 1. The van der Waals surface area contributed by atoms with Gasteiger partial charge in [-0.2, -0.15) is 0 Å². The summed E-state index contributed by atoms with van der Waals surface area (Å²) in [6.07, 6.45) is 0. The number of nitrogens with one attached hydrogen (secondary N) is 2. The summed E-state index contributed by atoms with van der Waals surface area (Å²) in [5, 5.41) is 25.2. The molecule has 21 heavy (non-hydrogen) atoms. The Morgan fingerprint density at radius 2 is 2.19 bits per heavy atom. The maximum atomic E-state index is 12.3. The number of carbonyl (C=O) groups is 1. The van der Waals surface area contributed by atoms with E-state index in [9.17, 15) is 14.9 Å². The zero-order valence-corrected chi connectivity index (χ0v) is 12.2. The minimum atomic E-state index is -0.524. The van der Waals surface area contributed by atoms with Crippen molar-refractivity contribution < 1.29 is 9.72 Å². The van der Waals surface area contributed by atoms with Crippen LogP contribution in [-0.4, -0.2) is 27.6 Å². The van der Waals surface area contributed by atoms with Gasteiger partial charge in [-0.05, 0) is 19.9 Å². The number of nitrogens with zero attached hydrogens (tertiary/aromatic N) is 3. The van der Waals surface area contributed by atoms with Gasteiger partial charge < -0.3 is 5.32 Å². The average Bonchev–Trinajstić information content (AvgIpc) is 2.84. The number of benzene rings is 1. The Kier molecular flexibility index (Phi) is 4.43. The first-order valence-corrected chi connectivity index (χ1v) is 6.97. The van der Waals surface area contributed by atoms with Crippen molar-refractivity contribution in [3.63, 3.8) is 0 Å². The highest BCUT2D eigenvalue weighted by Gasteiger charge is 2.21. The fourth-order valence-electron chi connectivity index (χ4n) is 1.76. The summed E-state index contributed by atoms with van der Waals surface area (Å²) in [4.78, 5) is 22.8. The van der Waals surface area contributed by atoms with Crippen molar-refractivity contribution in [2.24, 2.45) is 0 Å². The molecule has 0 saturated heterocycles. The molecule has 8 nitrogen and oxygen atoms in total. The minimum Gasteiger partial charge on any atom is -0.379 e. The van der Waals surface area contributed by atoms with Crippen LogP contribution < -0.4 is 10.6 Å². The third-order valence-electron chi connectivity index (χ3n) is 2.58. The number of aryl methyl sites for hydroxylation is 1. The number of anilines is 2. The van der Waals surface area contributed by atoms with Gasteiger partial charge in [0.15, 0.2) is 0 Å². The van der Waals surface area contributed by atoms with Crippen LogP contribution in [0.1, 0.15) is 22.3 Å². The van der Waals surface area contributed by atoms with Crippen LogP contribution in [0.2, 0.25) is 0 Å². The Labute approximate surface area is 124 Å². The van der Waals surface area contributed by atoms with Gasteiger partial charge in [0.1, 0.15) is 10.7 Å². The molecule has 2 aromatic rings. The van der Waals surface area contributed by atoms with Crippen molar-refractivity contribution >= 4 is 33.8 Å². The molecule has 110 valence electrons. The highest BCUT2D eigenvalue weighted by molar-refractivity contribution is 7.15. The quantitative estimate of drug-likeness (QED) is 0.648. The van der Waals surface area contributed by atoms with Crippen molar-refractivity contribution in [2.45, 2.75) is 13.8 Å². The number of rotatable bonds is 5. The van der Waals surface area contributed by atoms with Crippen LogP contribution in [-0.2, 0) is 0 Å². The van der Waals surface area contributed by atoms with Crippen molar-refractivity contribution in [1.29, 1.82) is 0 Å². The molecular formula is C12H13N5O3S. The number of nitro benzene ring substituents is 1. The number of hydrogen-bond acceptors (Lipinski definition) is 7. The molecule has 1 aromatic carbocycles. The van der Waals surface area contributed by atoms with Crippen LogP contribution >= 0.6 is 11.3 Å². The summed E-state index contributed by atoms with van der Waals surface area (Å²) in [5.74, 6) is -0.467. The molecule has 0 aliphatic carbocycles. The van der Waals surface area contributed by atoms with Crippen LogP contribution in [0.5, 0.6) is 0 Å². The molecule has 0 radical (unpaired) electrons. The highest BCUT2D eigenvalue weighted by Crippen LogP contribution is 2.29. The molecule has 1 amide bonds. The average molecular weight is 307 g/mol. The van der Waals surface area contributed by atoms with Crippen molar-refractivity contribution in [3.05, 3.63) is 38.9 Å². The Balaban J connectivity index is 2.35. The Bertz CT molecular complexity index is 685. The summed E-state index contributed by atoms with van der Waals surface area (Å²) in [5.41, 5.74) is 0.251. The smallest absolute Gasteiger partial charge is 0.293 e. The Hall–Kier alpha value is -2.55. The number of hydrogen-bond donors (Lipinski definition) is 2. The van der Waals surface area contributed by atoms with E-state index >= 15 is 0 Å². The first-order valence-electron chi connectivity index (χ1n) is 6.15. The Morgan fingerprint density at radius 1 is 1.43 bits per heavy atom. The molecule has 9 heteroatoms. The normalized spacial score (nSPS) is 10.2. The second kappa shape index (κ2) is 6.27. The minimum absolute atomic E-state index is 0.141. The lowest BCUT2D eigenvalue weighted by atomic mass is 10.1. The van der Waals surface area contributed by atoms with E-state index in [1.165, 1.54) is 29.5 Å². The molecule has 0 unspecified atom stereocenters. The number of para-hydroxylation sites is 1. The molecule has 2 N–H and O–H groups in total. The number of aromatic nitrogens is 2. The SMILES string of the molecule is CCNc1c(C(=O)Nc2nnc(C)s2)cccc1[N+](=O)[O-]. The van der Waals surface area contributed by atoms with E-state index in [1.807, 2.05) is 0 Å².